The first-order valence-corrected chi connectivity index (χ1v) is 8.29. The number of rotatable bonds is 5. The molecule has 29 heavy (non-hydrogen) atoms. The van der Waals surface area contributed by atoms with Crippen molar-refractivity contribution in [2.45, 2.75) is 19.5 Å². The van der Waals surface area contributed by atoms with Crippen molar-refractivity contribution in [3.8, 4) is 5.75 Å². The maximum atomic E-state index is 12.3. The molecule has 9 nitrogen and oxygen atoms in total. The molecule has 3 aromatic rings. The van der Waals surface area contributed by atoms with E-state index in [-0.39, 0.29) is 30.0 Å². The molecule has 1 N–H and O–H groups in total. The monoisotopic (exact) mass is 411 g/mol. The summed E-state index contributed by atoms with van der Waals surface area (Å²) in [5.74, 6) is -0.810. The number of benzene rings is 1. The molecule has 0 unspecified atom stereocenters. The van der Waals surface area contributed by atoms with Crippen molar-refractivity contribution in [2.75, 3.05) is 0 Å². The highest BCUT2D eigenvalue weighted by Gasteiger charge is 2.30. The number of halogens is 3. The van der Waals surface area contributed by atoms with Crippen molar-refractivity contribution in [1.29, 1.82) is 0 Å². The van der Waals surface area contributed by atoms with E-state index in [1.54, 1.807) is 0 Å². The first kappa shape index (κ1) is 20.2. The van der Waals surface area contributed by atoms with Gasteiger partial charge in [0.15, 0.2) is 11.2 Å². The summed E-state index contributed by atoms with van der Waals surface area (Å²) in [5, 5.41) is 2.60. The zero-order valence-electron chi connectivity index (χ0n) is 15.4. The second-order valence-electron chi connectivity index (χ2n) is 6.22. The van der Waals surface area contributed by atoms with Crippen molar-refractivity contribution in [3.63, 3.8) is 0 Å². The molecule has 0 radical (unpaired) electrons. The Morgan fingerprint density at radius 1 is 1.14 bits per heavy atom. The van der Waals surface area contributed by atoms with Crippen molar-refractivity contribution in [2.24, 2.45) is 14.1 Å². The molecule has 0 aliphatic carbocycles. The van der Waals surface area contributed by atoms with Crippen LogP contribution in [0, 0.1) is 0 Å². The first-order chi connectivity index (χ1) is 13.6. The van der Waals surface area contributed by atoms with Gasteiger partial charge >= 0.3 is 12.1 Å². The minimum absolute atomic E-state index is 0.0637. The van der Waals surface area contributed by atoms with Crippen LogP contribution >= 0.6 is 0 Å². The Labute approximate surface area is 161 Å². The zero-order valence-corrected chi connectivity index (χ0v) is 15.4. The molecular weight excluding hydrogens is 395 g/mol. The van der Waals surface area contributed by atoms with Gasteiger partial charge in [0.2, 0.25) is 5.91 Å². The van der Waals surface area contributed by atoms with Gasteiger partial charge in [-0.3, -0.25) is 18.7 Å². The van der Waals surface area contributed by atoms with E-state index in [0.717, 1.165) is 16.7 Å². The number of carbonyl (C=O) groups excluding carboxylic acids is 1. The van der Waals surface area contributed by atoms with Gasteiger partial charge in [-0.15, -0.1) is 13.2 Å². The molecule has 2 aromatic heterocycles. The summed E-state index contributed by atoms with van der Waals surface area (Å²) >= 11 is 0. The number of aryl methyl sites for hydroxylation is 1. The standard InChI is InChI=1S/C17H16F3N5O4/c1-23-14-13(15(27)24(2)16(23)28)25(9-22-14)8-12(26)21-7-10-3-5-11(6-4-10)29-17(18,19)20/h3-6,9H,7-8H2,1-2H3,(H,21,26). The lowest BCUT2D eigenvalue weighted by Gasteiger charge is -2.10. The SMILES string of the molecule is Cn1c(=O)c2c(ncn2CC(=O)NCc2ccc(OC(F)(F)F)cc2)n(C)c1=O. The molecule has 0 saturated heterocycles. The van der Waals surface area contributed by atoms with Crippen LogP contribution in [0.1, 0.15) is 5.56 Å². The number of hydrogen-bond donors (Lipinski definition) is 1. The average Bonchev–Trinajstić information content (AvgIpc) is 3.06. The van der Waals surface area contributed by atoms with E-state index < -0.39 is 23.5 Å². The maximum absolute atomic E-state index is 12.3. The summed E-state index contributed by atoms with van der Waals surface area (Å²) in [7, 11) is 2.79. The van der Waals surface area contributed by atoms with Crippen molar-refractivity contribution in [3.05, 3.63) is 57.0 Å². The van der Waals surface area contributed by atoms with E-state index in [0.29, 0.717) is 5.56 Å². The molecule has 0 saturated carbocycles. The summed E-state index contributed by atoms with van der Waals surface area (Å²) in [6.07, 6.45) is -3.49. The number of aromatic nitrogens is 4. The fourth-order valence-electron chi connectivity index (χ4n) is 2.74. The van der Waals surface area contributed by atoms with Gasteiger partial charge in [-0.2, -0.15) is 0 Å². The van der Waals surface area contributed by atoms with Crippen LogP contribution in [0.15, 0.2) is 40.2 Å². The largest absolute Gasteiger partial charge is 0.573 e. The number of amides is 1. The number of alkyl halides is 3. The molecule has 0 aliphatic rings. The number of fused-ring (bicyclic) bond motifs is 1. The van der Waals surface area contributed by atoms with Gasteiger partial charge in [0.1, 0.15) is 12.3 Å². The Hall–Kier alpha value is -3.57. The Morgan fingerprint density at radius 3 is 2.41 bits per heavy atom. The van der Waals surface area contributed by atoms with Gasteiger partial charge in [0, 0.05) is 20.6 Å². The maximum Gasteiger partial charge on any atom is 0.573 e. The second-order valence-corrected chi connectivity index (χ2v) is 6.22. The second kappa shape index (κ2) is 7.45. The lowest BCUT2D eigenvalue weighted by atomic mass is 10.2. The predicted molar refractivity (Wildman–Crippen MR) is 95.2 cm³/mol. The predicted octanol–water partition coefficient (Wildman–Crippen LogP) is 0.649. The smallest absolute Gasteiger partial charge is 0.406 e. The van der Waals surface area contributed by atoms with E-state index in [9.17, 15) is 27.6 Å². The van der Waals surface area contributed by atoms with Crippen LogP contribution in [0.25, 0.3) is 11.2 Å². The zero-order chi connectivity index (χ0) is 21.3. The first-order valence-electron chi connectivity index (χ1n) is 8.29. The molecule has 0 atom stereocenters. The Kier molecular flexibility index (Phi) is 5.18. The van der Waals surface area contributed by atoms with Crippen LogP contribution in [0.4, 0.5) is 13.2 Å². The molecule has 1 aromatic carbocycles. The van der Waals surface area contributed by atoms with E-state index in [4.69, 9.17) is 0 Å². The Bertz CT molecular complexity index is 1180. The number of carbonyl (C=O) groups is 1. The number of hydrogen-bond acceptors (Lipinski definition) is 5. The van der Waals surface area contributed by atoms with Crippen LogP contribution in [0.5, 0.6) is 5.75 Å². The van der Waals surface area contributed by atoms with Crippen LogP contribution < -0.4 is 21.3 Å². The molecule has 0 spiro atoms. The van der Waals surface area contributed by atoms with Crippen LogP contribution in [-0.2, 0) is 32.0 Å². The van der Waals surface area contributed by atoms with Crippen LogP contribution in [0.2, 0.25) is 0 Å². The number of nitrogens with one attached hydrogen (secondary N) is 1. The Morgan fingerprint density at radius 2 is 1.79 bits per heavy atom. The third kappa shape index (κ3) is 4.31. The number of nitrogens with zero attached hydrogens (tertiary/aromatic N) is 4. The van der Waals surface area contributed by atoms with Gasteiger partial charge < -0.3 is 14.6 Å². The fraction of sp³-hybridized carbons (Fsp3) is 0.294. The van der Waals surface area contributed by atoms with Crippen LogP contribution in [0.3, 0.4) is 0 Å². The lowest BCUT2D eigenvalue weighted by Crippen LogP contribution is -2.38. The summed E-state index contributed by atoms with van der Waals surface area (Å²) < 4.78 is 43.7. The summed E-state index contributed by atoms with van der Waals surface area (Å²) in [6.45, 7) is -0.159. The van der Waals surface area contributed by atoms with E-state index in [2.05, 4.69) is 15.0 Å². The molecule has 12 heteroatoms. The summed E-state index contributed by atoms with van der Waals surface area (Å²) in [5.41, 5.74) is -0.282. The third-order valence-corrected chi connectivity index (χ3v) is 4.18. The highest BCUT2D eigenvalue weighted by atomic mass is 19.4. The molecule has 0 aliphatic heterocycles. The van der Waals surface area contributed by atoms with Gasteiger partial charge in [-0.05, 0) is 17.7 Å². The van der Waals surface area contributed by atoms with Crippen molar-refractivity contribution < 1.29 is 22.7 Å². The lowest BCUT2D eigenvalue weighted by molar-refractivity contribution is -0.274. The minimum atomic E-state index is -4.77. The topological polar surface area (TPSA) is 100 Å². The van der Waals surface area contributed by atoms with Gasteiger partial charge in [0.05, 0.1) is 6.33 Å². The van der Waals surface area contributed by atoms with Gasteiger partial charge in [-0.25, -0.2) is 9.78 Å². The molecule has 0 fully saturated rings. The van der Waals surface area contributed by atoms with Gasteiger partial charge in [0.25, 0.3) is 5.56 Å². The van der Waals surface area contributed by atoms with Gasteiger partial charge in [-0.1, -0.05) is 12.1 Å². The molecule has 3 rings (SSSR count). The van der Waals surface area contributed by atoms with Crippen molar-refractivity contribution in [1.82, 2.24) is 24.0 Å². The quantitative estimate of drug-likeness (QED) is 0.665. The molecule has 154 valence electrons. The highest BCUT2D eigenvalue weighted by molar-refractivity contribution is 5.78. The van der Waals surface area contributed by atoms with Crippen molar-refractivity contribution >= 4 is 17.1 Å². The van der Waals surface area contributed by atoms with Crippen LogP contribution in [-0.4, -0.2) is 31.0 Å². The molecule has 0 bridgehead atoms. The number of ether oxygens (including phenoxy) is 1. The fourth-order valence-corrected chi connectivity index (χ4v) is 2.74. The molecule has 1 amide bonds. The number of imidazole rings is 1. The van der Waals surface area contributed by atoms with E-state index in [1.165, 1.54) is 41.7 Å². The average molecular weight is 411 g/mol. The molecule has 2 heterocycles. The minimum Gasteiger partial charge on any atom is -0.406 e. The highest BCUT2D eigenvalue weighted by Crippen LogP contribution is 2.22. The van der Waals surface area contributed by atoms with E-state index >= 15 is 0 Å². The summed E-state index contributed by atoms with van der Waals surface area (Å²) in [6, 6.07) is 5.06. The molecular formula is C17H16F3N5O4. The third-order valence-electron chi connectivity index (χ3n) is 4.18. The van der Waals surface area contributed by atoms with E-state index in [1.807, 2.05) is 0 Å². The summed E-state index contributed by atoms with van der Waals surface area (Å²) in [4.78, 5) is 40.5. The normalized spacial score (nSPS) is 11.6. The Balaban J connectivity index is 1.69.